The summed E-state index contributed by atoms with van der Waals surface area (Å²) in [7, 11) is -1.12. The third-order valence-electron chi connectivity index (χ3n) is 2.84. The summed E-state index contributed by atoms with van der Waals surface area (Å²) < 4.78 is 25.2. The summed E-state index contributed by atoms with van der Waals surface area (Å²) in [6.07, 6.45) is 4.00. The van der Waals surface area contributed by atoms with Crippen LogP contribution in [0.3, 0.4) is 0 Å². The third-order valence-corrected chi connectivity index (χ3v) is 4.74. The van der Waals surface area contributed by atoms with E-state index in [1.165, 1.54) is 0 Å². The Morgan fingerprint density at radius 2 is 2.00 bits per heavy atom. The number of halogens is 1. The predicted molar refractivity (Wildman–Crippen MR) is 69.5 cm³/mol. The Hall–Kier alpha value is -0.100. The average Bonchev–Trinajstić information content (AvgIpc) is 2.26. The second-order valence-electron chi connectivity index (χ2n) is 3.86. The van der Waals surface area contributed by atoms with Gasteiger partial charge >= 0.3 is 0 Å². The molecule has 16 heavy (non-hydrogen) atoms. The second kappa shape index (κ2) is 7.27. The van der Waals surface area contributed by atoms with Crippen molar-refractivity contribution in [3.05, 3.63) is 12.7 Å². The van der Waals surface area contributed by atoms with Crippen LogP contribution in [0.2, 0.25) is 0 Å². The van der Waals surface area contributed by atoms with Crippen LogP contribution in [0.25, 0.3) is 0 Å². The molecule has 6 heteroatoms. The largest absolute Gasteiger partial charge is 0.317 e. The molecular formula is C10H21ClN2O2S. The molecule has 1 rings (SSSR count). The first kappa shape index (κ1) is 15.9. The van der Waals surface area contributed by atoms with Crippen LogP contribution in [-0.4, -0.2) is 44.7 Å². The van der Waals surface area contributed by atoms with Gasteiger partial charge < -0.3 is 5.32 Å². The van der Waals surface area contributed by atoms with Gasteiger partial charge in [-0.15, -0.1) is 19.0 Å². The Morgan fingerprint density at radius 1 is 1.44 bits per heavy atom. The standard InChI is InChI=1S/C10H20N2O2S.ClH/c1-3-4-9-15(13,14)12-7-5-10(11-2)6-8-12;/h3,10-11H,1,4-9H2,2H3;1H. The molecule has 1 aliphatic rings. The minimum atomic E-state index is -3.04. The number of hydrogen-bond acceptors (Lipinski definition) is 3. The molecule has 1 aliphatic heterocycles. The highest BCUT2D eigenvalue weighted by Gasteiger charge is 2.26. The van der Waals surface area contributed by atoms with E-state index in [1.807, 2.05) is 7.05 Å². The highest BCUT2D eigenvalue weighted by Crippen LogP contribution is 2.14. The lowest BCUT2D eigenvalue weighted by Gasteiger charge is -2.30. The van der Waals surface area contributed by atoms with Gasteiger partial charge in [0.1, 0.15) is 0 Å². The van der Waals surface area contributed by atoms with E-state index in [0.717, 1.165) is 12.8 Å². The molecular weight excluding hydrogens is 248 g/mol. The van der Waals surface area contributed by atoms with E-state index in [2.05, 4.69) is 11.9 Å². The first-order chi connectivity index (χ1) is 7.10. The fourth-order valence-corrected chi connectivity index (χ4v) is 3.27. The van der Waals surface area contributed by atoms with E-state index < -0.39 is 10.0 Å². The molecule has 0 radical (unpaired) electrons. The average molecular weight is 269 g/mol. The molecule has 0 spiro atoms. The van der Waals surface area contributed by atoms with Gasteiger partial charge in [0.15, 0.2) is 0 Å². The van der Waals surface area contributed by atoms with Crippen LogP contribution in [0.15, 0.2) is 12.7 Å². The maximum atomic E-state index is 11.8. The van der Waals surface area contributed by atoms with E-state index in [0.29, 0.717) is 25.6 Å². The lowest BCUT2D eigenvalue weighted by Crippen LogP contribution is -2.44. The van der Waals surface area contributed by atoms with E-state index in [9.17, 15) is 8.42 Å². The highest BCUT2D eigenvalue weighted by molar-refractivity contribution is 7.89. The Kier molecular flexibility index (Phi) is 7.22. The lowest BCUT2D eigenvalue weighted by molar-refractivity contribution is 0.298. The monoisotopic (exact) mass is 268 g/mol. The molecule has 1 fully saturated rings. The minimum absolute atomic E-state index is 0. The van der Waals surface area contributed by atoms with Crippen molar-refractivity contribution in [2.24, 2.45) is 0 Å². The van der Waals surface area contributed by atoms with Crippen molar-refractivity contribution in [3.63, 3.8) is 0 Å². The molecule has 0 atom stereocenters. The SMILES string of the molecule is C=CCCS(=O)(=O)N1CCC(NC)CC1.Cl. The van der Waals surface area contributed by atoms with Crippen molar-refractivity contribution in [1.29, 1.82) is 0 Å². The van der Waals surface area contributed by atoms with E-state index in [1.54, 1.807) is 10.4 Å². The van der Waals surface area contributed by atoms with Crippen molar-refractivity contribution in [2.75, 3.05) is 25.9 Å². The zero-order chi connectivity index (χ0) is 11.3. The van der Waals surface area contributed by atoms with E-state index >= 15 is 0 Å². The molecule has 1 saturated heterocycles. The van der Waals surface area contributed by atoms with Crippen molar-refractivity contribution in [1.82, 2.24) is 9.62 Å². The minimum Gasteiger partial charge on any atom is -0.317 e. The molecule has 0 bridgehead atoms. The molecule has 0 amide bonds. The molecule has 0 aromatic rings. The number of sulfonamides is 1. The summed E-state index contributed by atoms with van der Waals surface area (Å²) in [6.45, 7) is 4.83. The van der Waals surface area contributed by atoms with Gasteiger partial charge in [0.2, 0.25) is 10.0 Å². The molecule has 1 N–H and O–H groups in total. The zero-order valence-corrected chi connectivity index (χ0v) is 11.3. The van der Waals surface area contributed by atoms with Gasteiger partial charge in [-0.3, -0.25) is 0 Å². The molecule has 0 aromatic heterocycles. The smallest absolute Gasteiger partial charge is 0.214 e. The van der Waals surface area contributed by atoms with Crippen molar-refractivity contribution in [3.8, 4) is 0 Å². The number of nitrogens with zero attached hydrogens (tertiary/aromatic N) is 1. The van der Waals surface area contributed by atoms with Crippen molar-refractivity contribution in [2.45, 2.75) is 25.3 Å². The summed E-state index contributed by atoms with van der Waals surface area (Å²) in [5.41, 5.74) is 0. The second-order valence-corrected chi connectivity index (χ2v) is 5.94. The van der Waals surface area contributed by atoms with Gasteiger partial charge in [0.05, 0.1) is 5.75 Å². The summed E-state index contributed by atoms with van der Waals surface area (Å²) in [5, 5.41) is 3.18. The van der Waals surface area contributed by atoms with Crippen LogP contribution in [0, 0.1) is 0 Å². The number of allylic oxidation sites excluding steroid dienone is 1. The third kappa shape index (κ3) is 4.41. The molecule has 0 saturated carbocycles. The normalized spacial score (nSPS) is 19.1. The summed E-state index contributed by atoms with van der Waals surface area (Å²) in [4.78, 5) is 0. The first-order valence-corrected chi connectivity index (χ1v) is 6.97. The van der Waals surface area contributed by atoms with Gasteiger partial charge in [-0.25, -0.2) is 12.7 Å². The van der Waals surface area contributed by atoms with Crippen LogP contribution in [0.4, 0.5) is 0 Å². The van der Waals surface area contributed by atoms with Crippen LogP contribution in [-0.2, 0) is 10.0 Å². The number of hydrogen-bond donors (Lipinski definition) is 1. The number of piperidine rings is 1. The lowest BCUT2D eigenvalue weighted by atomic mass is 10.1. The van der Waals surface area contributed by atoms with Crippen LogP contribution < -0.4 is 5.32 Å². The summed E-state index contributed by atoms with van der Waals surface area (Å²) >= 11 is 0. The zero-order valence-electron chi connectivity index (χ0n) is 9.68. The van der Waals surface area contributed by atoms with Gasteiger partial charge in [-0.1, -0.05) is 6.08 Å². The fourth-order valence-electron chi connectivity index (χ4n) is 1.78. The molecule has 1 heterocycles. The van der Waals surface area contributed by atoms with Crippen LogP contribution in [0.1, 0.15) is 19.3 Å². The molecule has 0 aliphatic carbocycles. The van der Waals surface area contributed by atoms with Crippen LogP contribution in [0.5, 0.6) is 0 Å². The predicted octanol–water partition coefficient (Wildman–Crippen LogP) is 0.998. The Labute approximate surface area is 105 Å². The molecule has 0 aromatic carbocycles. The van der Waals surface area contributed by atoms with Gasteiger partial charge in [-0.05, 0) is 26.3 Å². The Balaban J connectivity index is 0.00000225. The van der Waals surface area contributed by atoms with E-state index in [-0.39, 0.29) is 18.2 Å². The fraction of sp³-hybridized carbons (Fsp3) is 0.800. The van der Waals surface area contributed by atoms with Gasteiger partial charge in [0.25, 0.3) is 0 Å². The maximum absolute atomic E-state index is 11.8. The summed E-state index contributed by atoms with van der Waals surface area (Å²) in [5.74, 6) is 0.195. The molecule has 0 unspecified atom stereocenters. The van der Waals surface area contributed by atoms with Crippen molar-refractivity contribution >= 4 is 22.4 Å². The Morgan fingerprint density at radius 3 is 2.44 bits per heavy atom. The number of rotatable bonds is 5. The highest BCUT2D eigenvalue weighted by atomic mass is 35.5. The molecule has 4 nitrogen and oxygen atoms in total. The quantitative estimate of drug-likeness (QED) is 0.757. The van der Waals surface area contributed by atoms with Gasteiger partial charge in [-0.2, -0.15) is 0 Å². The van der Waals surface area contributed by atoms with Gasteiger partial charge in [0, 0.05) is 19.1 Å². The molecule has 96 valence electrons. The summed E-state index contributed by atoms with van der Waals surface area (Å²) in [6, 6.07) is 0.468. The Bertz CT molecular complexity index is 298. The number of nitrogens with one attached hydrogen (secondary N) is 1. The topological polar surface area (TPSA) is 49.4 Å². The maximum Gasteiger partial charge on any atom is 0.214 e. The first-order valence-electron chi connectivity index (χ1n) is 5.36. The van der Waals surface area contributed by atoms with E-state index in [4.69, 9.17) is 0 Å². The van der Waals surface area contributed by atoms with Crippen molar-refractivity contribution < 1.29 is 8.42 Å². The van der Waals surface area contributed by atoms with Crippen LogP contribution >= 0.6 is 12.4 Å².